The molecule has 2 rings (SSSR count). The Kier molecular flexibility index (Phi) is 4.17. The first-order chi connectivity index (χ1) is 8.51. The van der Waals surface area contributed by atoms with Crippen LogP contribution in [-0.4, -0.2) is 18.9 Å². The minimum absolute atomic E-state index is 0.230. The van der Waals surface area contributed by atoms with E-state index < -0.39 is 0 Å². The number of ketones is 1. The van der Waals surface area contributed by atoms with Gasteiger partial charge in [-0.15, -0.1) is 0 Å². The van der Waals surface area contributed by atoms with Crippen molar-refractivity contribution in [2.75, 3.05) is 13.1 Å². The van der Waals surface area contributed by atoms with E-state index >= 15 is 0 Å². The smallest absolute Gasteiger partial charge is 0.143 e. The lowest BCUT2D eigenvalue weighted by atomic mass is 9.75. The number of carbonyl (C=O) groups is 1. The molecule has 0 bridgehead atoms. The maximum absolute atomic E-state index is 13.1. The van der Waals surface area contributed by atoms with Crippen LogP contribution in [0.5, 0.6) is 0 Å². The molecule has 4 heteroatoms. The molecular weight excluding hydrogens is 297 g/mol. The predicted octanol–water partition coefficient (Wildman–Crippen LogP) is 3.09. The van der Waals surface area contributed by atoms with E-state index in [9.17, 15) is 9.18 Å². The first kappa shape index (κ1) is 13.7. The van der Waals surface area contributed by atoms with Gasteiger partial charge >= 0.3 is 0 Å². The highest BCUT2D eigenvalue weighted by molar-refractivity contribution is 9.10. The summed E-state index contributed by atoms with van der Waals surface area (Å²) < 4.78 is 13.5. The van der Waals surface area contributed by atoms with Gasteiger partial charge in [-0.2, -0.15) is 0 Å². The number of nitrogens with one attached hydrogen (secondary N) is 1. The fraction of sp³-hybridized carbons (Fsp3) is 0.500. The zero-order valence-electron chi connectivity index (χ0n) is 10.4. The fourth-order valence-corrected chi connectivity index (χ4v) is 2.73. The van der Waals surface area contributed by atoms with Crippen molar-refractivity contribution < 1.29 is 9.18 Å². The molecule has 2 nitrogen and oxygen atoms in total. The van der Waals surface area contributed by atoms with Crippen LogP contribution in [0.25, 0.3) is 0 Å². The average Bonchev–Trinajstić information content (AvgIpc) is 2.35. The van der Waals surface area contributed by atoms with Crippen LogP contribution in [0.1, 0.15) is 25.3 Å². The Labute approximate surface area is 115 Å². The third-order valence-electron chi connectivity index (χ3n) is 3.73. The molecule has 0 aliphatic carbocycles. The summed E-state index contributed by atoms with van der Waals surface area (Å²) in [5.41, 5.74) is 0.639. The molecule has 0 atom stereocenters. The lowest BCUT2D eigenvalue weighted by Gasteiger charge is -2.32. The number of Topliss-reactive ketones (excluding diaryl/α,β-unsaturated/α-hetero) is 1. The monoisotopic (exact) mass is 313 g/mol. The summed E-state index contributed by atoms with van der Waals surface area (Å²) in [7, 11) is 0. The highest BCUT2D eigenvalue weighted by Crippen LogP contribution is 2.30. The van der Waals surface area contributed by atoms with Gasteiger partial charge in [-0.1, -0.05) is 13.0 Å². The summed E-state index contributed by atoms with van der Waals surface area (Å²) >= 11 is 3.15. The first-order valence-electron chi connectivity index (χ1n) is 6.19. The Hall–Kier alpha value is -0.740. The van der Waals surface area contributed by atoms with Crippen molar-refractivity contribution in [3.8, 4) is 0 Å². The molecule has 1 aromatic carbocycles. The average molecular weight is 314 g/mol. The van der Waals surface area contributed by atoms with E-state index in [2.05, 4.69) is 21.2 Å². The third-order valence-corrected chi connectivity index (χ3v) is 4.34. The molecular formula is C14H17BrFNO. The number of hydrogen-bond donors (Lipinski definition) is 1. The normalized spacial score (nSPS) is 18.6. The summed E-state index contributed by atoms with van der Waals surface area (Å²) in [5.74, 6) is -0.0400. The van der Waals surface area contributed by atoms with Gasteiger partial charge in [0.15, 0.2) is 0 Å². The topological polar surface area (TPSA) is 29.1 Å². The minimum atomic E-state index is -0.292. The van der Waals surface area contributed by atoms with Gasteiger partial charge in [0.25, 0.3) is 0 Å². The van der Waals surface area contributed by atoms with Crippen LogP contribution in [0, 0.1) is 11.2 Å². The van der Waals surface area contributed by atoms with Crippen LogP contribution >= 0.6 is 15.9 Å². The number of carbonyl (C=O) groups excluding carboxylic acids is 1. The number of hydrogen-bond acceptors (Lipinski definition) is 2. The van der Waals surface area contributed by atoms with Gasteiger partial charge in [-0.3, -0.25) is 4.79 Å². The summed E-state index contributed by atoms with van der Waals surface area (Å²) in [6.07, 6.45) is 2.15. The van der Waals surface area contributed by atoms with Gasteiger partial charge < -0.3 is 5.32 Å². The molecule has 1 aliphatic rings. The van der Waals surface area contributed by atoms with Crippen LogP contribution in [0.3, 0.4) is 0 Å². The molecule has 0 amide bonds. The summed E-state index contributed by atoms with van der Waals surface area (Å²) in [5, 5.41) is 3.27. The van der Waals surface area contributed by atoms with E-state index in [1.165, 1.54) is 6.07 Å². The van der Waals surface area contributed by atoms with E-state index in [4.69, 9.17) is 0 Å². The van der Waals surface area contributed by atoms with Gasteiger partial charge in [0.05, 0.1) is 4.47 Å². The van der Waals surface area contributed by atoms with Crippen molar-refractivity contribution in [2.45, 2.75) is 26.2 Å². The van der Waals surface area contributed by atoms with E-state index in [-0.39, 0.29) is 17.0 Å². The molecule has 18 heavy (non-hydrogen) atoms. The summed E-state index contributed by atoms with van der Waals surface area (Å²) in [6, 6.07) is 4.78. The predicted molar refractivity (Wildman–Crippen MR) is 73.0 cm³/mol. The molecule has 0 unspecified atom stereocenters. The molecule has 1 fully saturated rings. The lowest BCUT2D eigenvalue weighted by Crippen LogP contribution is -2.40. The van der Waals surface area contributed by atoms with Crippen molar-refractivity contribution in [2.24, 2.45) is 5.41 Å². The van der Waals surface area contributed by atoms with Gasteiger partial charge in [-0.25, -0.2) is 4.39 Å². The second-order valence-corrected chi connectivity index (χ2v) is 6.01. The van der Waals surface area contributed by atoms with E-state index in [1.807, 2.05) is 6.92 Å². The van der Waals surface area contributed by atoms with Crippen LogP contribution in [0.15, 0.2) is 22.7 Å². The number of rotatable bonds is 3. The molecule has 1 heterocycles. The molecule has 0 spiro atoms. The minimum Gasteiger partial charge on any atom is -0.317 e. The quantitative estimate of drug-likeness (QED) is 0.929. The molecule has 0 saturated carbocycles. The first-order valence-corrected chi connectivity index (χ1v) is 6.98. The van der Waals surface area contributed by atoms with Crippen molar-refractivity contribution >= 4 is 21.7 Å². The third kappa shape index (κ3) is 2.98. The zero-order chi connectivity index (χ0) is 13.2. The summed E-state index contributed by atoms with van der Waals surface area (Å²) in [4.78, 5) is 12.3. The Morgan fingerprint density at radius 1 is 1.44 bits per heavy atom. The Morgan fingerprint density at radius 3 is 2.72 bits per heavy atom. The highest BCUT2D eigenvalue weighted by Gasteiger charge is 2.33. The molecule has 1 N–H and O–H groups in total. The van der Waals surface area contributed by atoms with Gasteiger partial charge in [0.2, 0.25) is 0 Å². The van der Waals surface area contributed by atoms with Crippen molar-refractivity contribution in [1.82, 2.24) is 5.32 Å². The number of benzene rings is 1. The second-order valence-electron chi connectivity index (χ2n) is 5.16. The molecule has 0 radical (unpaired) electrons. The highest BCUT2D eigenvalue weighted by atomic mass is 79.9. The Balaban J connectivity index is 2.08. The zero-order valence-corrected chi connectivity index (χ0v) is 12.0. The van der Waals surface area contributed by atoms with E-state index in [0.29, 0.717) is 10.9 Å². The van der Waals surface area contributed by atoms with Crippen LogP contribution in [-0.2, 0) is 11.2 Å². The van der Waals surface area contributed by atoms with Crippen molar-refractivity contribution in [3.63, 3.8) is 0 Å². The SMILES string of the molecule is CC1(C(=O)Cc2ccc(F)c(Br)c2)CCNCC1. The number of piperidine rings is 1. The largest absolute Gasteiger partial charge is 0.317 e. The maximum Gasteiger partial charge on any atom is 0.143 e. The van der Waals surface area contributed by atoms with Crippen LogP contribution in [0.2, 0.25) is 0 Å². The van der Waals surface area contributed by atoms with Crippen molar-refractivity contribution in [3.05, 3.63) is 34.1 Å². The molecule has 1 saturated heterocycles. The maximum atomic E-state index is 13.1. The Morgan fingerprint density at radius 2 is 2.11 bits per heavy atom. The molecule has 1 aromatic rings. The number of halogens is 2. The van der Waals surface area contributed by atoms with Crippen molar-refractivity contribution in [1.29, 1.82) is 0 Å². The lowest BCUT2D eigenvalue weighted by molar-refractivity contribution is -0.128. The second kappa shape index (κ2) is 5.49. The van der Waals surface area contributed by atoms with E-state index in [1.54, 1.807) is 12.1 Å². The van der Waals surface area contributed by atoms with Gasteiger partial charge in [0, 0.05) is 11.8 Å². The molecule has 1 aliphatic heterocycles. The molecule has 0 aromatic heterocycles. The Bertz CT molecular complexity index is 455. The van der Waals surface area contributed by atoms with E-state index in [0.717, 1.165) is 31.5 Å². The van der Waals surface area contributed by atoms with Gasteiger partial charge in [-0.05, 0) is 59.6 Å². The summed E-state index contributed by atoms with van der Waals surface area (Å²) in [6.45, 7) is 3.83. The standard InChI is InChI=1S/C14H17BrFNO/c1-14(4-6-17-7-5-14)13(18)9-10-2-3-12(16)11(15)8-10/h2-3,8,17H,4-7,9H2,1H3. The van der Waals surface area contributed by atoms with Gasteiger partial charge in [0.1, 0.15) is 11.6 Å². The van der Waals surface area contributed by atoms with Crippen LogP contribution < -0.4 is 5.32 Å². The fourth-order valence-electron chi connectivity index (χ4n) is 2.31. The molecule has 98 valence electrons. The van der Waals surface area contributed by atoms with Crippen LogP contribution in [0.4, 0.5) is 4.39 Å².